The fourth-order valence-corrected chi connectivity index (χ4v) is 3.65. The van der Waals surface area contributed by atoms with E-state index >= 15 is 0 Å². The van der Waals surface area contributed by atoms with Crippen LogP contribution in [0.2, 0.25) is 0 Å². The van der Waals surface area contributed by atoms with Gasteiger partial charge in [-0.25, -0.2) is 0 Å². The predicted molar refractivity (Wildman–Crippen MR) is 85.3 cm³/mol. The van der Waals surface area contributed by atoms with Gasteiger partial charge in [0.05, 0.1) is 10.7 Å². The first-order valence-corrected chi connectivity index (χ1v) is 7.89. The van der Waals surface area contributed by atoms with E-state index in [0.29, 0.717) is 12.3 Å². The molecule has 2 aromatic rings. The van der Waals surface area contributed by atoms with Crippen LogP contribution in [0.25, 0.3) is 0 Å². The van der Waals surface area contributed by atoms with Crippen LogP contribution in [-0.2, 0) is 11.3 Å². The van der Waals surface area contributed by atoms with E-state index in [1.807, 2.05) is 36.4 Å². The van der Waals surface area contributed by atoms with Crippen molar-refractivity contribution in [2.24, 2.45) is 0 Å². The Labute approximate surface area is 132 Å². The van der Waals surface area contributed by atoms with E-state index in [2.05, 4.69) is 0 Å². The Morgan fingerprint density at radius 1 is 1.18 bits per heavy atom. The van der Waals surface area contributed by atoms with Gasteiger partial charge in [-0.05, 0) is 11.1 Å². The largest absolute Gasteiger partial charge is 0.322 e. The molecule has 5 nitrogen and oxygen atoms in total. The van der Waals surface area contributed by atoms with Gasteiger partial charge in [0, 0.05) is 18.7 Å². The van der Waals surface area contributed by atoms with E-state index in [4.69, 9.17) is 0 Å². The van der Waals surface area contributed by atoms with Crippen LogP contribution in [0.15, 0.2) is 54.6 Å². The number of hydrogen-bond acceptors (Lipinski definition) is 4. The van der Waals surface area contributed by atoms with E-state index in [9.17, 15) is 14.9 Å². The number of hydrogen-bond donors (Lipinski definition) is 0. The van der Waals surface area contributed by atoms with Crippen molar-refractivity contribution in [3.05, 3.63) is 75.8 Å². The standard InChI is InChI=1S/C16H14N2O3S/c19-15-11-22-16(13-7-4-8-14(9-13)18(20)21)17(15)10-12-5-2-1-3-6-12/h1-9,16H,10-11H2/t16-/m1/s1. The van der Waals surface area contributed by atoms with E-state index < -0.39 is 4.92 Å². The molecule has 0 saturated carbocycles. The van der Waals surface area contributed by atoms with Crippen molar-refractivity contribution < 1.29 is 9.72 Å². The van der Waals surface area contributed by atoms with Gasteiger partial charge in [-0.3, -0.25) is 14.9 Å². The van der Waals surface area contributed by atoms with Crippen LogP contribution in [0.5, 0.6) is 0 Å². The van der Waals surface area contributed by atoms with Crippen molar-refractivity contribution >= 4 is 23.4 Å². The van der Waals surface area contributed by atoms with Crippen molar-refractivity contribution in [2.75, 3.05) is 5.75 Å². The Morgan fingerprint density at radius 2 is 1.95 bits per heavy atom. The highest BCUT2D eigenvalue weighted by Gasteiger charge is 2.33. The maximum Gasteiger partial charge on any atom is 0.269 e. The number of benzene rings is 2. The third-order valence-corrected chi connectivity index (χ3v) is 4.79. The molecule has 22 heavy (non-hydrogen) atoms. The van der Waals surface area contributed by atoms with Crippen molar-refractivity contribution in [1.82, 2.24) is 4.90 Å². The number of non-ortho nitro benzene ring substituents is 1. The smallest absolute Gasteiger partial charge is 0.269 e. The molecule has 0 spiro atoms. The summed E-state index contributed by atoms with van der Waals surface area (Å²) < 4.78 is 0. The number of nitro benzene ring substituents is 1. The summed E-state index contributed by atoms with van der Waals surface area (Å²) in [5.41, 5.74) is 1.90. The second kappa shape index (κ2) is 6.19. The number of carbonyl (C=O) groups excluding carboxylic acids is 1. The zero-order chi connectivity index (χ0) is 15.5. The molecular weight excluding hydrogens is 300 g/mol. The van der Waals surface area contributed by atoms with E-state index in [-0.39, 0.29) is 17.0 Å². The quantitative estimate of drug-likeness (QED) is 0.641. The number of nitrogens with zero attached hydrogens (tertiary/aromatic N) is 2. The first-order chi connectivity index (χ1) is 10.6. The van der Waals surface area contributed by atoms with Crippen molar-refractivity contribution in [3.63, 3.8) is 0 Å². The van der Waals surface area contributed by atoms with Crippen molar-refractivity contribution in [3.8, 4) is 0 Å². The minimum absolute atomic E-state index is 0.0529. The predicted octanol–water partition coefficient (Wildman–Crippen LogP) is 3.37. The topological polar surface area (TPSA) is 63.4 Å². The SMILES string of the molecule is O=C1CS[C@H](c2cccc([N+](=O)[O-])c2)N1Cc1ccccc1. The minimum Gasteiger partial charge on any atom is -0.322 e. The maximum absolute atomic E-state index is 12.2. The Hall–Kier alpha value is -2.34. The molecule has 1 aliphatic heterocycles. The van der Waals surface area contributed by atoms with Gasteiger partial charge < -0.3 is 4.90 Å². The summed E-state index contributed by atoms with van der Waals surface area (Å²) in [5, 5.41) is 10.7. The van der Waals surface area contributed by atoms with E-state index in [1.165, 1.54) is 17.8 Å². The Kier molecular flexibility index (Phi) is 4.11. The average molecular weight is 314 g/mol. The van der Waals surface area contributed by atoms with Crippen molar-refractivity contribution in [2.45, 2.75) is 11.9 Å². The van der Waals surface area contributed by atoms with Gasteiger partial charge in [0.25, 0.3) is 5.69 Å². The zero-order valence-corrected chi connectivity index (χ0v) is 12.5. The van der Waals surface area contributed by atoms with Gasteiger partial charge >= 0.3 is 0 Å². The molecule has 2 aromatic carbocycles. The molecule has 3 rings (SSSR count). The maximum atomic E-state index is 12.2. The highest BCUT2D eigenvalue weighted by Crippen LogP contribution is 2.40. The Balaban J connectivity index is 1.87. The first kappa shape index (κ1) is 14.6. The number of thioether (sulfide) groups is 1. The zero-order valence-electron chi connectivity index (χ0n) is 11.7. The highest BCUT2D eigenvalue weighted by molar-refractivity contribution is 8.00. The van der Waals surface area contributed by atoms with Crippen LogP contribution in [0.4, 0.5) is 5.69 Å². The lowest BCUT2D eigenvalue weighted by Gasteiger charge is -2.24. The lowest BCUT2D eigenvalue weighted by atomic mass is 10.1. The molecule has 0 unspecified atom stereocenters. The fourth-order valence-electron chi connectivity index (χ4n) is 2.47. The van der Waals surface area contributed by atoms with Gasteiger partial charge in [-0.1, -0.05) is 42.5 Å². The summed E-state index contributed by atoms with van der Waals surface area (Å²) >= 11 is 1.51. The summed E-state index contributed by atoms with van der Waals surface area (Å²) in [5.74, 6) is 0.463. The third-order valence-electron chi connectivity index (χ3n) is 3.53. The monoisotopic (exact) mass is 314 g/mol. The fraction of sp³-hybridized carbons (Fsp3) is 0.188. The van der Waals surface area contributed by atoms with Gasteiger partial charge in [0.2, 0.25) is 5.91 Å². The average Bonchev–Trinajstić information content (AvgIpc) is 2.89. The number of rotatable bonds is 4. The summed E-state index contributed by atoms with van der Waals surface area (Å²) in [4.78, 5) is 24.4. The molecule has 0 aliphatic carbocycles. The summed E-state index contributed by atoms with van der Waals surface area (Å²) in [6, 6.07) is 16.3. The van der Waals surface area contributed by atoms with Gasteiger partial charge in [0.1, 0.15) is 5.37 Å². The Bertz CT molecular complexity index is 706. The second-order valence-corrected chi connectivity index (χ2v) is 6.09. The lowest BCUT2D eigenvalue weighted by molar-refractivity contribution is -0.384. The molecule has 1 heterocycles. The molecule has 1 saturated heterocycles. The van der Waals surface area contributed by atoms with Crippen LogP contribution in [0.3, 0.4) is 0 Å². The number of amides is 1. The van der Waals surface area contributed by atoms with E-state index in [1.54, 1.807) is 17.0 Å². The molecule has 1 aliphatic rings. The van der Waals surface area contributed by atoms with Crippen LogP contribution < -0.4 is 0 Å². The summed E-state index contributed by atoms with van der Waals surface area (Å²) in [6.45, 7) is 0.514. The number of nitro groups is 1. The number of carbonyl (C=O) groups is 1. The first-order valence-electron chi connectivity index (χ1n) is 6.84. The van der Waals surface area contributed by atoms with Crippen LogP contribution >= 0.6 is 11.8 Å². The molecule has 0 radical (unpaired) electrons. The summed E-state index contributed by atoms with van der Waals surface area (Å²) in [7, 11) is 0. The molecule has 0 bridgehead atoms. The molecule has 1 atom stereocenters. The van der Waals surface area contributed by atoms with Crippen LogP contribution in [0.1, 0.15) is 16.5 Å². The third kappa shape index (κ3) is 2.96. The molecule has 1 fully saturated rings. The molecule has 0 aromatic heterocycles. The molecule has 0 N–H and O–H groups in total. The lowest BCUT2D eigenvalue weighted by Crippen LogP contribution is -2.27. The van der Waals surface area contributed by atoms with Gasteiger partial charge in [-0.15, -0.1) is 11.8 Å². The normalized spacial score (nSPS) is 17.7. The second-order valence-electron chi connectivity index (χ2n) is 5.02. The molecule has 1 amide bonds. The molecule has 6 heteroatoms. The molecule has 112 valence electrons. The van der Waals surface area contributed by atoms with Crippen molar-refractivity contribution in [1.29, 1.82) is 0 Å². The van der Waals surface area contributed by atoms with Gasteiger partial charge in [-0.2, -0.15) is 0 Å². The summed E-state index contributed by atoms with van der Waals surface area (Å²) in [6.07, 6.45) is 0. The molecular formula is C16H14N2O3S. The Morgan fingerprint density at radius 3 is 2.68 bits per heavy atom. The van der Waals surface area contributed by atoms with E-state index in [0.717, 1.165) is 11.1 Å². The van der Waals surface area contributed by atoms with Crippen LogP contribution in [-0.4, -0.2) is 21.5 Å². The van der Waals surface area contributed by atoms with Gasteiger partial charge in [0.15, 0.2) is 0 Å². The highest BCUT2D eigenvalue weighted by atomic mass is 32.2. The van der Waals surface area contributed by atoms with Crippen LogP contribution in [0, 0.1) is 10.1 Å². The minimum atomic E-state index is -0.410.